The Kier molecular flexibility index (Phi) is 5.09. The van der Waals surface area contributed by atoms with Crippen molar-refractivity contribution >= 4 is 29.4 Å². The summed E-state index contributed by atoms with van der Waals surface area (Å²) >= 11 is 3.29. The molecule has 1 aliphatic carbocycles. The highest BCUT2D eigenvalue weighted by Crippen LogP contribution is 2.72. The minimum atomic E-state index is -1.25. The molecule has 29 heavy (non-hydrogen) atoms. The van der Waals surface area contributed by atoms with Gasteiger partial charge >= 0.3 is 0 Å². The largest absolute Gasteiger partial charge is 0.386 e. The van der Waals surface area contributed by atoms with E-state index in [4.69, 9.17) is 10.7 Å². The van der Waals surface area contributed by atoms with E-state index in [1.165, 1.54) is 0 Å². The van der Waals surface area contributed by atoms with Crippen LogP contribution in [0.5, 0.6) is 0 Å². The van der Waals surface area contributed by atoms with Crippen molar-refractivity contribution in [2.24, 2.45) is 21.6 Å². The summed E-state index contributed by atoms with van der Waals surface area (Å²) in [6, 6.07) is 14.7. The third-order valence-electron chi connectivity index (χ3n) is 6.32. The predicted molar refractivity (Wildman–Crippen MR) is 120 cm³/mol. The van der Waals surface area contributed by atoms with Crippen molar-refractivity contribution in [3.8, 4) is 12.1 Å². The summed E-state index contributed by atoms with van der Waals surface area (Å²) in [5.74, 6) is 1.87. The Morgan fingerprint density at radius 1 is 1.14 bits per heavy atom. The van der Waals surface area contributed by atoms with Crippen molar-refractivity contribution in [1.29, 1.82) is 10.5 Å². The van der Waals surface area contributed by atoms with Crippen LogP contribution >= 0.6 is 23.5 Å². The molecule has 5 nitrogen and oxygen atoms in total. The Hall–Kier alpha value is -2.09. The summed E-state index contributed by atoms with van der Waals surface area (Å²) < 4.78 is -0.814. The Morgan fingerprint density at radius 3 is 2.41 bits per heavy atom. The van der Waals surface area contributed by atoms with Gasteiger partial charge in [-0.15, -0.1) is 23.5 Å². The summed E-state index contributed by atoms with van der Waals surface area (Å²) in [6.07, 6.45) is 2.68. The molecule has 1 aromatic rings. The van der Waals surface area contributed by atoms with Crippen molar-refractivity contribution < 1.29 is 0 Å². The van der Waals surface area contributed by atoms with E-state index < -0.39 is 21.1 Å². The van der Waals surface area contributed by atoms with Gasteiger partial charge in [-0.2, -0.15) is 10.5 Å². The molecule has 0 aromatic heterocycles. The van der Waals surface area contributed by atoms with E-state index in [9.17, 15) is 10.5 Å². The lowest BCUT2D eigenvalue weighted by atomic mass is 9.55. The number of thioether (sulfide) groups is 2. The van der Waals surface area contributed by atoms with Crippen LogP contribution in [0.1, 0.15) is 44.7 Å². The molecule has 2 heterocycles. The number of nitrogens with one attached hydrogen (secondary N) is 1. The molecule has 0 fully saturated rings. The van der Waals surface area contributed by atoms with Gasteiger partial charge in [0.2, 0.25) is 0 Å². The number of nitriles is 2. The number of hydrogen-bond acceptors (Lipinski definition) is 7. The third kappa shape index (κ3) is 2.38. The van der Waals surface area contributed by atoms with Crippen LogP contribution < -0.4 is 11.1 Å². The molecule has 0 saturated carbocycles. The average molecular weight is 424 g/mol. The van der Waals surface area contributed by atoms with Gasteiger partial charge < -0.3 is 11.1 Å². The second-order valence-corrected chi connectivity index (χ2v) is 10.7. The molecule has 4 rings (SSSR count). The van der Waals surface area contributed by atoms with Crippen molar-refractivity contribution in [1.82, 2.24) is 5.32 Å². The highest BCUT2D eigenvalue weighted by Gasteiger charge is 2.77. The van der Waals surface area contributed by atoms with E-state index in [1.807, 2.05) is 30.3 Å². The zero-order valence-corrected chi connectivity index (χ0v) is 18.4. The van der Waals surface area contributed by atoms with Crippen LogP contribution in [0.15, 0.2) is 46.6 Å². The van der Waals surface area contributed by atoms with E-state index in [2.05, 4.69) is 31.3 Å². The molecule has 3 atom stereocenters. The number of allylic oxidation sites excluding steroid dienone is 1. The number of hydrogen-bond donors (Lipinski definition) is 2. The van der Waals surface area contributed by atoms with E-state index >= 15 is 0 Å². The highest BCUT2D eigenvalue weighted by atomic mass is 32.2. The Bertz CT molecular complexity index is 952. The molecular weight excluding hydrogens is 398 g/mol. The first-order valence-corrected chi connectivity index (χ1v) is 12.0. The lowest BCUT2D eigenvalue weighted by molar-refractivity contribution is 0.200. The fourth-order valence-corrected chi connectivity index (χ4v) is 8.53. The van der Waals surface area contributed by atoms with Crippen LogP contribution in [-0.4, -0.2) is 21.5 Å². The normalized spacial score (nSPS) is 31.9. The Balaban J connectivity index is 2.08. The van der Waals surface area contributed by atoms with Crippen LogP contribution in [0.4, 0.5) is 0 Å². The minimum absolute atomic E-state index is 0.281. The molecule has 0 amide bonds. The van der Waals surface area contributed by atoms with Gasteiger partial charge in [-0.05, 0) is 41.9 Å². The lowest BCUT2D eigenvalue weighted by Crippen LogP contribution is -2.61. The van der Waals surface area contributed by atoms with Crippen molar-refractivity contribution in [3.05, 3.63) is 47.2 Å². The maximum atomic E-state index is 10.8. The summed E-state index contributed by atoms with van der Waals surface area (Å²) in [4.78, 5) is 4.97. The Labute approximate surface area is 180 Å². The molecule has 3 N–H and O–H groups in total. The zero-order valence-electron chi connectivity index (χ0n) is 16.7. The van der Waals surface area contributed by atoms with Crippen LogP contribution in [-0.2, 0) is 0 Å². The predicted octanol–water partition coefficient (Wildman–Crippen LogP) is 4.32. The summed E-state index contributed by atoms with van der Waals surface area (Å²) in [5.41, 5.74) is 7.39. The maximum absolute atomic E-state index is 10.8. The number of fused-ring (bicyclic) bond motifs is 2. The number of benzene rings is 1. The molecule has 3 aliphatic rings. The summed E-state index contributed by atoms with van der Waals surface area (Å²) in [6.45, 7) is 4.15. The first-order chi connectivity index (χ1) is 14.1. The quantitative estimate of drug-likeness (QED) is 0.685. The monoisotopic (exact) mass is 423 g/mol. The molecule has 1 aromatic carbocycles. The van der Waals surface area contributed by atoms with Gasteiger partial charge in [-0.25, -0.2) is 4.99 Å². The molecule has 0 radical (unpaired) electrons. The van der Waals surface area contributed by atoms with Gasteiger partial charge in [0, 0.05) is 5.70 Å². The van der Waals surface area contributed by atoms with Gasteiger partial charge in [0.1, 0.15) is 5.84 Å². The van der Waals surface area contributed by atoms with E-state index in [0.717, 1.165) is 47.6 Å². The van der Waals surface area contributed by atoms with Crippen LogP contribution in [0.25, 0.3) is 0 Å². The number of nitrogens with two attached hydrogens (primary N) is 1. The van der Waals surface area contributed by atoms with E-state index in [-0.39, 0.29) is 5.84 Å². The van der Waals surface area contributed by atoms with Crippen molar-refractivity contribution in [2.45, 2.75) is 43.4 Å². The second kappa shape index (κ2) is 7.31. The van der Waals surface area contributed by atoms with Crippen molar-refractivity contribution in [2.75, 3.05) is 11.5 Å². The van der Waals surface area contributed by atoms with E-state index in [0.29, 0.717) is 0 Å². The van der Waals surface area contributed by atoms with Gasteiger partial charge in [-0.1, -0.05) is 44.2 Å². The molecule has 0 unspecified atom stereocenters. The molecule has 7 heteroatoms. The fraction of sp³-hybridized carbons (Fsp3) is 0.500. The average Bonchev–Trinajstić information content (AvgIpc) is 3.28. The minimum Gasteiger partial charge on any atom is -0.386 e. The molecule has 2 aliphatic heterocycles. The third-order valence-corrected chi connectivity index (χ3v) is 9.18. The van der Waals surface area contributed by atoms with Crippen LogP contribution in [0.2, 0.25) is 0 Å². The number of amidine groups is 1. The standard InChI is InChI=1S/C22H25N5S2/c1-3-28-22(29-4-2)21(14-24)16-11-8-12-17(16)26-18(15-9-6-5-7-10-15)20(21,13-23)19(25)27-22/h5-7,9-10,18,26H,3-4,8,11-12H2,1-2H3,(H2,25,27)/t18-,20+,21+/m1/s1. The summed E-state index contributed by atoms with van der Waals surface area (Å²) in [5, 5.41) is 25.2. The summed E-state index contributed by atoms with van der Waals surface area (Å²) in [7, 11) is 0. The number of nitrogens with zero attached hydrogens (tertiary/aromatic N) is 3. The van der Waals surface area contributed by atoms with Gasteiger partial charge in [0.05, 0.1) is 18.2 Å². The zero-order chi connectivity index (χ0) is 20.7. The Morgan fingerprint density at radius 2 is 1.83 bits per heavy atom. The van der Waals surface area contributed by atoms with Gasteiger partial charge in [0.25, 0.3) is 0 Å². The first-order valence-electron chi connectivity index (χ1n) is 10.1. The molecule has 0 bridgehead atoms. The van der Waals surface area contributed by atoms with Crippen LogP contribution in [0, 0.1) is 33.5 Å². The second-order valence-electron chi connectivity index (χ2n) is 7.53. The van der Waals surface area contributed by atoms with Crippen molar-refractivity contribution in [3.63, 3.8) is 0 Å². The fourth-order valence-electron chi connectivity index (χ4n) is 5.29. The maximum Gasteiger partial charge on any atom is 0.178 e. The highest BCUT2D eigenvalue weighted by molar-refractivity contribution is 8.18. The number of rotatable bonds is 5. The van der Waals surface area contributed by atoms with Crippen LogP contribution in [0.3, 0.4) is 0 Å². The lowest BCUT2D eigenvalue weighted by Gasteiger charge is -2.52. The number of aliphatic imine (C=N–C) groups is 1. The smallest absolute Gasteiger partial charge is 0.178 e. The SMILES string of the molecule is CCSC1(SCC)N=C(N)[C@]2(C#N)[C@@H](c3ccccc3)NC3=C(CCC3)[C@]12C#N. The molecular formula is C22H25N5S2. The molecule has 0 spiro atoms. The first kappa shape index (κ1) is 20.2. The molecule has 0 saturated heterocycles. The van der Waals surface area contributed by atoms with Gasteiger partial charge in [0.15, 0.2) is 15.0 Å². The van der Waals surface area contributed by atoms with E-state index in [1.54, 1.807) is 23.5 Å². The van der Waals surface area contributed by atoms with Gasteiger partial charge in [-0.3, -0.25) is 0 Å². The molecule has 150 valence electrons. The topological polar surface area (TPSA) is 98.0 Å².